The summed E-state index contributed by atoms with van der Waals surface area (Å²) in [4.78, 5) is 12.8. The number of esters is 1. The van der Waals surface area contributed by atoms with Crippen molar-refractivity contribution in [1.82, 2.24) is 0 Å². The summed E-state index contributed by atoms with van der Waals surface area (Å²) in [5.74, 6) is -6.58. The molecule has 2 atom stereocenters. The molecule has 0 N–H and O–H groups in total. The summed E-state index contributed by atoms with van der Waals surface area (Å²) in [7, 11) is 1.02. The van der Waals surface area contributed by atoms with Gasteiger partial charge in [0.05, 0.1) is 13.0 Å². The molecule has 1 saturated carbocycles. The fourth-order valence-electron chi connectivity index (χ4n) is 4.20. The number of hydrogen-bond acceptors (Lipinski definition) is 4. The molecule has 0 radical (unpaired) electrons. The highest BCUT2D eigenvalue weighted by Gasteiger charge is 2.61. The van der Waals surface area contributed by atoms with Crippen LogP contribution in [0.5, 0.6) is 17.2 Å². The van der Waals surface area contributed by atoms with Gasteiger partial charge in [0.2, 0.25) is 5.82 Å². The van der Waals surface area contributed by atoms with E-state index in [1.807, 2.05) is 0 Å². The molecule has 37 heavy (non-hydrogen) atoms. The lowest BCUT2D eigenvalue weighted by Crippen LogP contribution is -2.10. The molecule has 9 heteroatoms. The Morgan fingerprint density at radius 1 is 1.00 bits per heavy atom. The van der Waals surface area contributed by atoms with Crippen LogP contribution < -0.4 is 9.47 Å². The molecule has 0 bridgehead atoms. The van der Waals surface area contributed by atoms with Gasteiger partial charge in [-0.05, 0) is 47.2 Å². The molecule has 1 aliphatic rings. The van der Waals surface area contributed by atoms with E-state index >= 15 is 0 Å². The average molecular weight is 535 g/mol. The van der Waals surface area contributed by atoms with E-state index in [9.17, 15) is 22.4 Å². The lowest BCUT2D eigenvalue weighted by atomic mass is 10.1. The highest BCUT2D eigenvalue weighted by Crippen LogP contribution is 2.60. The van der Waals surface area contributed by atoms with Crippen molar-refractivity contribution in [3.8, 4) is 17.2 Å². The average Bonchev–Trinajstić information content (AvgIpc) is 3.41. The number of allylic oxidation sites excluding steroid dienone is 1. The highest BCUT2D eigenvalue weighted by atomic mass is 35.5. The Bertz CT molecular complexity index is 1360. The first-order valence-electron chi connectivity index (χ1n) is 11.3. The molecular formula is C28H23ClF4O4. The van der Waals surface area contributed by atoms with Gasteiger partial charge >= 0.3 is 5.97 Å². The SMILES string of the molecule is COc1c(F)cc(C(Cl)=CC2C(C(=O)OCc3ccc(F)c(Oc4ccccc4)c3)C2(C)C)c(F)c1F. The van der Waals surface area contributed by atoms with E-state index in [1.54, 1.807) is 44.2 Å². The Morgan fingerprint density at radius 3 is 2.38 bits per heavy atom. The normalized spacial score (nSPS) is 18.3. The lowest BCUT2D eigenvalue weighted by molar-refractivity contribution is -0.147. The summed E-state index contributed by atoms with van der Waals surface area (Å²) < 4.78 is 72.3. The Hall–Kier alpha value is -3.52. The summed E-state index contributed by atoms with van der Waals surface area (Å²) >= 11 is 6.20. The summed E-state index contributed by atoms with van der Waals surface area (Å²) in [6.07, 6.45) is 1.39. The fraction of sp³-hybridized carbons (Fsp3) is 0.250. The predicted octanol–water partition coefficient (Wildman–Crippen LogP) is 7.64. The molecule has 194 valence electrons. The van der Waals surface area contributed by atoms with Crippen molar-refractivity contribution in [3.63, 3.8) is 0 Å². The maximum absolute atomic E-state index is 14.4. The maximum atomic E-state index is 14.4. The number of halogens is 5. The van der Waals surface area contributed by atoms with E-state index in [0.717, 1.165) is 13.2 Å². The topological polar surface area (TPSA) is 44.8 Å². The van der Waals surface area contributed by atoms with Crippen molar-refractivity contribution in [3.05, 3.63) is 95.1 Å². The Kier molecular flexibility index (Phi) is 7.50. The molecule has 1 fully saturated rings. The molecule has 0 spiro atoms. The minimum absolute atomic E-state index is 0.0138. The number of ether oxygens (including phenoxy) is 3. The minimum Gasteiger partial charge on any atom is -0.491 e. The Morgan fingerprint density at radius 2 is 1.70 bits per heavy atom. The first-order chi connectivity index (χ1) is 17.5. The first kappa shape index (κ1) is 26.5. The number of carbonyl (C=O) groups excluding carboxylic acids is 1. The van der Waals surface area contributed by atoms with Gasteiger partial charge in [-0.15, -0.1) is 0 Å². The van der Waals surface area contributed by atoms with Crippen molar-refractivity contribution in [2.75, 3.05) is 7.11 Å². The van der Waals surface area contributed by atoms with Crippen molar-refractivity contribution in [2.24, 2.45) is 17.3 Å². The zero-order valence-corrected chi connectivity index (χ0v) is 20.9. The molecule has 2 unspecified atom stereocenters. The van der Waals surface area contributed by atoms with Gasteiger partial charge in [-0.2, -0.15) is 4.39 Å². The van der Waals surface area contributed by atoms with Gasteiger partial charge in [-0.25, -0.2) is 13.2 Å². The van der Waals surface area contributed by atoms with Crippen molar-refractivity contribution < 1.29 is 36.6 Å². The van der Waals surface area contributed by atoms with Gasteiger partial charge in [0.1, 0.15) is 12.4 Å². The largest absolute Gasteiger partial charge is 0.491 e. The summed E-state index contributed by atoms with van der Waals surface area (Å²) in [5.41, 5.74) is -0.568. The van der Waals surface area contributed by atoms with E-state index in [0.29, 0.717) is 11.3 Å². The molecule has 0 aromatic heterocycles. The predicted molar refractivity (Wildman–Crippen MR) is 130 cm³/mol. The number of para-hydroxylation sites is 1. The van der Waals surface area contributed by atoms with Gasteiger partial charge in [-0.1, -0.05) is 55.8 Å². The molecule has 0 saturated heterocycles. The van der Waals surface area contributed by atoms with Crippen LogP contribution in [0, 0.1) is 40.5 Å². The second-order valence-electron chi connectivity index (χ2n) is 9.19. The third-order valence-corrected chi connectivity index (χ3v) is 6.75. The third kappa shape index (κ3) is 5.44. The lowest BCUT2D eigenvalue weighted by Gasteiger charge is -2.10. The van der Waals surface area contributed by atoms with Crippen LogP contribution in [0.4, 0.5) is 17.6 Å². The zero-order valence-electron chi connectivity index (χ0n) is 20.2. The molecule has 1 aliphatic carbocycles. The van der Waals surface area contributed by atoms with Crippen molar-refractivity contribution in [1.29, 1.82) is 0 Å². The molecule has 4 nitrogen and oxygen atoms in total. The van der Waals surface area contributed by atoms with Crippen LogP contribution in [0.1, 0.15) is 25.0 Å². The monoisotopic (exact) mass is 534 g/mol. The van der Waals surface area contributed by atoms with E-state index in [2.05, 4.69) is 4.74 Å². The van der Waals surface area contributed by atoms with Crippen LogP contribution in [-0.2, 0) is 16.1 Å². The Balaban J connectivity index is 1.45. The standard InChI is InChI=1S/C28H23ClF4O4/c1-28(2)18(13-19(29)17-12-21(31)26(35-3)25(33)24(17)32)23(28)27(34)36-14-15-9-10-20(30)22(11-15)37-16-7-5-4-6-8-16/h4-13,18,23H,14H2,1-3H3. The van der Waals surface area contributed by atoms with Crippen LogP contribution in [0.15, 0.2) is 60.7 Å². The van der Waals surface area contributed by atoms with E-state index in [-0.39, 0.29) is 17.4 Å². The minimum atomic E-state index is -1.50. The molecule has 0 amide bonds. The van der Waals surface area contributed by atoms with Crippen LogP contribution >= 0.6 is 11.6 Å². The number of methoxy groups -OCH3 is 1. The molecule has 3 aromatic rings. The summed E-state index contributed by atoms with van der Waals surface area (Å²) in [6.45, 7) is 3.45. The number of hydrogen-bond donors (Lipinski definition) is 0. The molecule has 4 rings (SSSR count). The van der Waals surface area contributed by atoms with Gasteiger partial charge < -0.3 is 14.2 Å². The van der Waals surface area contributed by atoms with E-state index < -0.39 is 57.8 Å². The summed E-state index contributed by atoms with van der Waals surface area (Å²) in [5, 5.41) is -0.243. The zero-order chi connectivity index (χ0) is 26.9. The number of benzene rings is 3. The van der Waals surface area contributed by atoms with Crippen LogP contribution in [0.3, 0.4) is 0 Å². The van der Waals surface area contributed by atoms with Crippen molar-refractivity contribution >= 4 is 22.6 Å². The van der Waals surface area contributed by atoms with E-state index in [4.69, 9.17) is 21.1 Å². The third-order valence-electron chi connectivity index (χ3n) is 6.42. The molecule has 0 aliphatic heterocycles. The number of rotatable bonds is 8. The second kappa shape index (κ2) is 10.5. The molecule has 0 heterocycles. The Labute approximate surface area is 216 Å². The van der Waals surface area contributed by atoms with Gasteiger partial charge in [0, 0.05) is 10.6 Å². The van der Waals surface area contributed by atoms with Gasteiger partial charge in [0.25, 0.3) is 0 Å². The van der Waals surface area contributed by atoms with Gasteiger partial charge in [0.15, 0.2) is 29.0 Å². The highest BCUT2D eigenvalue weighted by molar-refractivity contribution is 6.48. The van der Waals surface area contributed by atoms with Crippen LogP contribution in [0.25, 0.3) is 5.03 Å². The first-order valence-corrected chi connectivity index (χ1v) is 11.7. The maximum Gasteiger partial charge on any atom is 0.310 e. The van der Waals surface area contributed by atoms with Crippen LogP contribution in [0.2, 0.25) is 0 Å². The smallest absolute Gasteiger partial charge is 0.310 e. The quantitative estimate of drug-likeness (QED) is 0.169. The van der Waals surface area contributed by atoms with Crippen molar-refractivity contribution in [2.45, 2.75) is 20.5 Å². The van der Waals surface area contributed by atoms with Crippen LogP contribution in [-0.4, -0.2) is 13.1 Å². The van der Waals surface area contributed by atoms with E-state index in [1.165, 1.54) is 24.3 Å². The van der Waals surface area contributed by atoms with Gasteiger partial charge in [-0.3, -0.25) is 4.79 Å². The molecule has 3 aromatic carbocycles. The molecular weight excluding hydrogens is 512 g/mol. The number of carbonyl (C=O) groups is 1. The second-order valence-corrected chi connectivity index (χ2v) is 9.60. The summed E-state index contributed by atoms with van der Waals surface area (Å²) in [6, 6.07) is 13.5. The fourth-order valence-corrected chi connectivity index (χ4v) is 4.47.